The maximum absolute atomic E-state index is 12.9. The summed E-state index contributed by atoms with van der Waals surface area (Å²) in [4.78, 5) is 5.78. The summed E-state index contributed by atoms with van der Waals surface area (Å²) in [5, 5.41) is 0. The summed E-state index contributed by atoms with van der Waals surface area (Å²) in [5.41, 5.74) is 0.969. The van der Waals surface area contributed by atoms with Gasteiger partial charge in [-0.3, -0.25) is 0 Å². The molecule has 1 rings (SSSR count). The highest BCUT2D eigenvalue weighted by molar-refractivity contribution is 7.88. The Hall–Kier alpha value is -1.89. The van der Waals surface area contributed by atoms with E-state index < -0.39 is 10.0 Å². The number of sulfonamides is 1. The lowest BCUT2D eigenvalue weighted by Crippen LogP contribution is -2.41. The van der Waals surface area contributed by atoms with E-state index in [2.05, 4.69) is 11.6 Å². The zero-order chi connectivity index (χ0) is 15.5. The summed E-state index contributed by atoms with van der Waals surface area (Å²) in [7, 11) is 1.35. The van der Waals surface area contributed by atoms with E-state index in [0.29, 0.717) is 11.3 Å². The molecule has 0 spiro atoms. The topological polar surface area (TPSA) is 53.0 Å². The molecule has 0 aromatic heterocycles. The van der Waals surface area contributed by atoms with Gasteiger partial charge in [-0.1, -0.05) is 6.58 Å². The highest BCUT2D eigenvalue weighted by Crippen LogP contribution is 2.15. The zero-order valence-corrected chi connectivity index (χ0v) is 12.8. The molecular formula is C13H18FN3O2S. The summed E-state index contributed by atoms with van der Waals surface area (Å²) in [6.45, 7) is 3.78. The second-order valence-corrected chi connectivity index (χ2v) is 6.50. The maximum Gasteiger partial charge on any atom is 0.234 e. The van der Waals surface area contributed by atoms with Gasteiger partial charge in [0, 0.05) is 21.1 Å². The van der Waals surface area contributed by atoms with Crippen LogP contribution in [0, 0.1) is 5.82 Å². The average molecular weight is 299 g/mol. The Kier molecular flexibility index (Phi) is 4.88. The van der Waals surface area contributed by atoms with Gasteiger partial charge >= 0.3 is 0 Å². The SMILES string of the molecule is C=C(/N=C(\N(C)C)N(C)S(C)(=O)=O)c1ccc(F)cc1. The number of nitrogens with zero attached hydrogens (tertiary/aromatic N) is 3. The van der Waals surface area contributed by atoms with Gasteiger partial charge in [0.05, 0.1) is 12.0 Å². The molecule has 1 aromatic carbocycles. The molecule has 0 amide bonds. The molecule has 1 aromatic rings. The number of guanidine groups is 1. The lowest BCUT2D eigenvalue weighted by Gasteiger charge is -2.24. The van der Waals surface area contributed by atoms with Gasteiger partial charge in [0.2, 0.25) is 16.0 Å². The largest absolute Gasteiger partial charge is 0.348 e. The van der Waals surface area contributed by atoms with Crippen molar-refractivity contribution in [1.82, 2.24) is 9.21 Å². The normalized spacial score (nSPS) is 12.2. The molecule has 0 saturated heterocycles. The molecule has 7 heteroatoms. The first-order valence-electron chi connectivity index (χ1n) is 5.77. The number of benzene rings is 1. The highest BCUT2D eigenvalue weighted by atomic mass is 32.2. The first kappa shape index (κ1) is 16.2. The Bertz CT molecular complexity index is 622. The molecule has 0 aliphatic carbocycles. The summed E-state index contributed by atoms with van der Waals surface area (Å²) < 4.78 is 37.1. The fourth-order valence-corrected chi connectivity index (χ4v) is 1.93. The molecule has 0 aliphatic heterocycles. The van der Waals surface area contributed by atoms with E-state index in [0.717, 1.165) is 10.6 Å². The van der Waals surface area contributed by atoms with E-state index in [1.807, 2.05) is 0 Å². The highest BCUT2D eigenvalue weighted by Gasteiger charge is 2.18. The van der Waals surface area contributed by atoms with Gasteiger partial charge in [0.15, 0.2) is 0 Å². The number of aliphatic imine (C=N–C) groups is 1. The number of hydrogen-bond donors (Lipinski definition) is 0. The van der Waals surface area contributed by atoms with Gasteiger partial charge in [0.25, 0.3) is 0 Å². The number of halogens is 1. The lowest BCUT2D eigenvalue weighted by molar-refractivity contribution is 0.508. The quantitative estimate of drug-likeness (QED) is 0.629. The molecule has 0 fully saturated rings. The third kappa shape index (κ3) is 4.06. The Morgan fingerprint density at radius 2 is 1.70 bits per heavy atom. The molecule has 5 nitrogen and oxygen atoms in total. The van der Waals surface area contributed by atoms with Crippen LogP contribution in [-0.2, 0) is 10.0 Å². The van der Waals surface area contributed by atoms with E-state index in [4.69, 9.17) is 0 Å². The Morgan fingerprint density at radius 3 is 2.10 bits per heavy atom. The average Bonchev–Trinajstić information content (AvgIpc) is 2.34. The second kappa shape index (κ2) is 6.04. The zero-order valence-electron chi connectivity index (χ0n) is 12.0. The van der Waals surface area contributed by atoms with Crippen molar-refractivity contribution in [3.63, 3.8) is 0 Å². The molecule has 20 heavy (non-hydrogen) atoms. The van der Waals surface area contributed by atoms with Crippen LogP contribution in [0.25, 0.3) is 5.70 Å². The van der Waals surface area contributed by atoms with Gasteiger partial charge in [-0.2, -0.15) is 0 Å². The van der Waals surface area contributed by atoms with Crippen LogP contribution in [0.3, 0.4) is 0 Å². The molecule has 0 aliphatic rings. The van der Waals surface area contributed by atoms with Gasteiger partial charge in [-0.15, -0.1) is 0 Å². The van der Waals surface area contributed by atoms with Crippen molar-refractivity contribution in [2.45, 2.75) is 0 Å². The Balaban J connectivity index is 3.15. The monoisotopic (exact) mass is 299 g/mol. The van der Waals surface area contributed by atoms with Crippen LogP contribution in [0.5, 0.6) is 0 Å². The molecule has 0 unspecified atom stereocenters. The molecule has 110 valence electrons. The first-order valence-corrected chi connectivity index (χ1v) is 7.62. The number of rotatable bonds is 3. The molecular weight excluding hydrogens is 281 g/mol. The van der Waals surface area contributed by atoms with Crippen molar-refractivity contribution >= 4 is 21.7 Å². The summed E-state index contributed by atoms with van der Waals surface area (Å²) in [5.74, 6) is -0.131. The van der Waals surface area contributed by atoms with Crippen molar-refractivity contribution in [2.24, 2.45) is 4.99 Å². The molecule has 0 atom stereocenters. The smallest absolute Gasteiger partial charge is 0.234 e. The third-order valence-electron chi connectivity index (χ3n) is 2.59. The minimum absolute atomic E-state index is 0.224. The van der Waals surface area contributed by atoms with Gasteiger partial charge < -0.3 is 4.90 Å². The standard InChI is InChI=1S/C13H18FN3O2S/c1-10(11-6-8-12(14)9-7-11)15-13(16(2)3)17(4)20(5,18)19/h6-9H,1H2,2-5H3/b15-13+. The van der Waals surface area contributed by atoms with E-state index in [9.17, 15) is 12.8 Å². The van der Waals surface area contributed by atoms with Crippen molar-refractivity contribution in [2.75, 3.05) is 27.4 Å². The van der Waals surface area contributed by atoms with Gasteiger partial charge in [0.1, 0.15) is 5.82 Å². The van der Waals surface area contributed by atoms with Crippen LogP contribution in [-0.4, -0.2) is 51.0 Å². The van der Waals surface area contributed by atoms with Crippen LogP contribution in [0.2, 0.25) is 0 Å². The predicted octanol–water partition coefficient (Wildman–Crippen LogP) is 1.61. The Morgan fingerprint density at radius 1 is 1.20 bits per heavy atom. The second-order valence-electron chi connectivity index (χ2n) is 4.49. The predicted molar refractivity (Wildman–Crippen MR) is 79.2 cm³/mol. The molecule has 0 radical (unpaired) electrons. The van der Waals surface area contributed by atoms with Crippen LogP contribution in [0.15, 0.2) is 35.8 Å². The van der Waals surface area contributed by atoms with E-state index in [-0.39, 0.29) is 11.8 Å². The minimum atomic E-state index is -3.42. The maximum atomic E-state index is 12.9. The summed E-state index contributed by atoms with van der Waals surface area (Å²) >= 11 is 0. The van der Waals surface area contributed by atoms with Gasteiger partial charge in [-0.05, 0) is 29.8 Å². The molecule has 0 heterocycles. The van der Waals surface area contributed by atoms with Crippen LogP contribution in [0.1, 0.15) is 5.56 Å². The van der Waals surface area contributed by atoms with Crippen LogP contribution >= 0.6 is 0 Å². The first-order chi connectivity index (χ1) is 9.12. The van der Waals surface area contributed by atoms with E-state index in [1.54, 1.807) is 19.0 Å². The number of hydrogen-bond acceptors (Lipinski definition) is 3. The lowest BCUT2D eigenvalue weighted by atomic mass is 10.2. The third-order valence-corrected chi connectivity index (χ3v) is 3.75. The van der Waals surface area contributed by atoms with E-state index in [1.165, 1.54) is 31.3 Å². The van der Waals surface area contributed by atoms with Crippen LogP contribution in [0.4, 0.5) is 4.39 Å². The summed E-state index contributed by atoms with van der Waals surface area (Å²) in [6, 6.07) is 5.67. The summed E-state index contributed by atoms with van der Waals surface area (Å²) in [6.07, 6.45) is 1.09. The molecule has 0 bridgehead atoms. The van der Waals surface area contributed by atoms with Crippen molar-refractivity contribution in [3.05, 3.63) is 42.2 Å². The van der Waals surface area contributed by atoms with E-state index >= 15 is 0 Å². The fourth-order valence-electron chi connectivity index (χ4n) is 1.43. The fraction of sp³-hybridized carbons (Fsp3) is 0.308. The Labute approximate surface area is 119 Å². The minimum Gasteiger partial charge on any atom is -0.348 e. The van der Waals surface area contributed by atoms with Crippen molar-refractivity contribution < 1.29 is 12.8 Å². The van der Waals surface area contributed by atoms with Gasteiger partial charge in [-0.25, -0.2) is 22.1 Å². The van der Waals surface area contributed by atoms with Crippen LogP contribution < -0.4 is 0 Å². The van der Waals surface area contributed by atoms with Crippen molar-refractivity contribution in [3.8, 4) is 0 Å². The molecule has 0 N–H and O–H groups in total. The van der Waals surface area contributed by atoms with Crippen molar-refractivity contribution in [1.29, 1.82) is 0 Å². The molecule has 0 saturated carbocycles.